The third kappa shape index (κ3) is 2.56. The average molecular weight is 258 g/mol. The molecule has 3 N–H and O–H groups in total. The first kappa shape index (κ1) is 11.7. The summed E-state index contributed by atoms with van der Waals surface area (Å²) in [5.74, 6) is 0. The van der Waals surface area contributed by atoms with E-state index in [1.54, 1.807) is 0 Å². The number of aryl methyl sites for hydroxylation is 1. The molecule has 0 spiro atoms. The summed E-state index contributed by atoms with van der Waals surface area (Å²) in [6.45, 7) is 5.60. The third-order valence-corrected chi connectivity index (χ3v) is 2.73. The summed E-state index contributed by atoms with van der Waals surface area (Å²) in [6.07, 6.45) is -0.639. The molecule has 78 valence electrons. The van der Waals surface area contributed by atoms with Crippen LogP contribution in [0.4, 0.5) is 0 Å². The molecule has 1 rings (SSSR count). The van der Waals surface area contributed by atoms with Gasteiger partial charge in [-0.3, -0.25) is 0 Å². The number of benzene rings is 1. The molecular formula is C11H16BrNO. The second-order valence-electron chi connectivity index (χ2n) is 4.22. The van der Waals surface area contributed by atoms with E-state index in [0.29, 0.717) is 0 Å². The molecular weight excluding hydrogens is 242 g/mol. The van der Waals surface area contributed by atoms with Gasteiger partial charge in [-0.05, 0) is 44.0 Å². The van der Waals surface area contributed by atoms with E-state index in [1.165, 1.54) is 0 Å². The van der Waals surface area contributed by atoms with Gasteiger partial charge in [0.05, 0.1) is 6.10 Å². The molecule has 0 saturated carbocycles. The first-order valence-electron chi connectivity index (χ1n) is 4.55. The second-order valence-corrected chi connectivity index (χ2v) is 5.14. The highest BCUT2D eigenvalue weighted by Crippen LogP contribution is 2.28. The summed E-state index contributed by atoms with van der Waals surface area (Å²) >= 11 is 3.38. The van der Waals surface area contributed by atoms with Crippen molar-refractivity contribution < 1.29 is 5.11 Å². The van der Waals surface area contributed by atoms with Crippen LogP contribution in [0.1, 0.15) is 31.1 Å². The summed E-state index contributed by atoms with van der Waals surface area (Å²) in [5, 5.41) is 10.0. The van der Waals surface area contributed by atoms with E-state index in [4.69, 9.17) is 5.73 Å². The minimum atomic E-state index is -0.639. The van der Waals surface area contributed by atoms with Crippen LogP contribution in [0.25, 0.3) is 0 Å². The lowest BCUT2D eigenvalue weighted by atomic mass is 9.90. The van der Waals surface area contributed by atoms with Crippen molar-refractivity contribution in [3.8, 4) is 0 Å². The molecule has 0 aliphatic rings. The van der Waals surface area contributed by atoms with Gasteiger partial charge in [0, 0.05) is 10.0 Å². The predicted molar refractivity (Wildman–Crippen MR) is 62.1 cm³/mol. The van der Waals surface area contributed by atoms with Crippen LogP contribution in [-0.4, -0.2) is 10.6 Å². The Bertz CT molecular complexity index is 331. The SMILES string of the molecule is Cc1ccc(Br)cc1C(O)C(C)(C)N. The van der Waals surface area contributed by atoms with Crippen LogP contribution in [0.2, 0.25) is 0 Å². The maximum atomic E-state index is 10.0. The van der Waals surface area contributed by atoms with E-state index >= 15 is 0 Å². The molecule has 1 aromatic rings. The van der Waals surface area contributed by atoms with Gasteiger partial charge in [0.15, 0.2) is 0 Å². The van der Waals surface area contributed by atoms with Crippen LogP contribution < -0.4 is 5.73 Å². The average Bonchev–Trinajstić information content (AvgIpc) is 2.06. The van der Waals surface area contributed by atoms with E-state index in [-0.39, 0.29) is 0 Å². The minimum Gasteiger partial charge on any atom is -0.386 e. The molecule has 0 aromatic heterocycles. The first-order chi connectivity index (χ1) is 6.32. The van der Waals surface area contributed by atoms with E-state index in [9.17, 15) is 5.11 Å². The number of nitrogens with two attached hydrogens (primary N) is 1. The summed E-state index contributed by atoms with van der Waals surface area (Å²) in [6, 6.07) is 5.83. The number of rotatable bonds is 2. The number of halogens is 1. The van der Waals surface area contributed by atoms with Crippen LogP contribution in [0.5, 0.6) is 0 Å². The van der Waals surface area contributed by atoms with E-state index in [2.05, 4.69) is 15.9 Å². The summed E-state index contributed by atoms with van der Waals surface area (Å²) < 4.78 is 0.960. The van der Waals surface area contributed by atoms with Gasteiger partial charge >= 0.3 is 0 Å². The Morgan fingerprint density at radius 3 is 2.50 bits per heavy atom. The highest BCUT2D eigenvalue weighted by atomic mass is 79.9. The molecule has 0 fully saturated rings. The molecule has 0 aliphatic carbocycles. The molecule has 0 heterocycles. The van der Waals surface area contributed by atoms with Gasteiger partial charge < -0.3 is 10.8 Å². The molecule has 0 aliphatic heterocycles. The van der Waals surface area contributed by atoms with Crippen molar-refractivity contribution in [3.05, 3.63) is 33.8 Å². The van der Waals surface area contributed by atoms with Crippen molar-refractivity contribution in [3.63, 3.8) is 0 Å². The Morgan fingerprint density at radius 1 is 1.43 bits per heavy atom. The van der Waals surface area contributed by atoms with Crippen molar-refractivity contribution >= 4 is 15.9 Å². The van der Waals surface area contributed by atoms with Crippen molar-refractivity contribution in [2.24, 2.45) is 5.73 Å². The first-order valence-corrected chi connectivity index (χ1v) is 5.34. The Morgan fingerprint density at radius 2 is 2.00 bits per heavy atom. The van der Waals surface area contributed by atoms with Gasteiger partial charge in [0.25, 0.3) is 0 Å². The third-order valence-electron chi connectivity index (χ3n) is 2.24. The van der Waals surface area contributed by atoms with Crippen molar-refractivity contribution in [2.45, 2.75) is 32.4 Å². The largest absolute Gasteiger partial charge is 0.386 e. The fraction of sp³-hybridized carbons (Fsp3) is 0.455. The molecule has 0 bridgehead atoms. The van der Waals surface area contributed by atoms with Gasteiger partial charge in [0.2, 0.25) is 0 Å². The minimum absolute atomic E-state index is 0.619. The molecule has 1 unspecified atom stereocenters. The highest BCUT2D eigenvalue weighted by Gasteiger charge is 2.25. The van der Waals surface area contributed by atoms with Gasteiger partial charge in [-0.1, -0.05) is 22.0 Å². The zero-order valence-corrected chi connectivity index (χ0v) is 10.3. The van der Waals surface area contributed by atoms with Crippen LogP contribution >= 0.6 is 15.9 Å². The fourth-order valence-corrected chi connectivity index (χ4v) is 1.69. The lowest BCUT2D eigenvalue weighted by molar-refractivity contribution is 0.104. The van der Waals surface area contributed by atoms with Gasteiger partial charge in [-0.15, -0.1) is 0 Å². The number of aliphatic hydroxyl groups is 1. The topological polar surface area (TPSA) is 46.2 Å². The van der Waals surface area contributed by atoms with Crippen molar-refractivity contribution in [1.29, 1.82) is 0 Å². The quantitative estimate of drug-likeness (QED) is 0.856. The maximum Gasteiger partial charge on any atom is 0.0966 e. The standard InChI is InChI=1S/C11H16BrNO/c1-7-4-5-8(12)6-9(7)10(14)11(2,3)13/h4-6,10,14H,13H2,1-3H3. The Hall–Kier alpha value is -0.380. The Kier molecular flexibility index (Phi) is 3.35. The molecule has 1 aromatic carbocycles. The summed E-state index contributed by atoms with van der Waals surface area (Å²) in [4.78, 5) is 0. The molecule has 0 saturated heterocycles. The normalized spacial score (nSPS) is 14.1. The van der Waals surface area contributed by atoms with Crippen LogP contribution in [0, 0.1) is 6.92 Å². The lowest BCUT2D eigenvalue weighted by Gasteiger charge is -2.27. The maximum absolute atomic E-state index is 10.0. The predicted octanol–water partition coefficient (Wildman–Crippen LogP) is 2.53. The van der Waals surface area contributed by atoms with Gasteiger partial charge in [-0.25, -0.2) is 0 Å². The van der Waals surface area contributed by atoms with Gasteiger partial charge in [0.1, 0.15) is 0 Å². The van der Waals surface area contributed by atoms with Crippen molar-refractivity contribution in [1.82, 2.24) is 0 Å². The molecule has 1 atom stereocenters. The molecule has 14 heavy (non-hydrogen) atoms. The summed E-state index contributed by atoms with van der Waals surface area (Å²) in [7, 11) is 0. The number of aliphatic hydroxyl groups excluding tert-OH is 1. The zero-order valence-electron chi connectivity index (χ0n) is 8.71. The van der Waals surface area contributed by atoms with E-state index < -0.39 is 11.6 Å². The Balaban J connectivity index is 3.12. The zero-order chi connectivity index (χ0) is 10.9. The molecule has 0 amide bonds. The van der Waals surface area contributed by atoms with Crippen LogP contribution in [0.3, 0.4) is 0 Å². The second kappa shape index (κ2) is 4.01. The van der Waals surface area contributed by atoms with E-state index in [1.807, 2.05) is 39.0 Å². The van der Waals surface area contributed by atoms with Crippen LogP contribution in [0.15, 0.2) is 22.7 Å². The smallest absolute Gasteiger partial charge is 0.0966 e. The van der Waals surface area contributed by atoms with Crippen LogP contribution in [-0.2, 0) is 0 Å². The summed E-state index contributed by atoms with van der Waals surface area (Å²) in [5.41, 5.74) is 7.18. The Labute approximate surface area is 93.3 Å². The van der Waals surface area contributed by atoms with E-state index in [0.717, 1.165) is 15.6 Å². The number of hydrogen-bond donors (Lipinski definition) is 2. The lowest BCUT2D eigenvalue weighted by Crippen LogP contribution is -2.39. The molecule has 2 nitrogen and oxygen atoms in total. The van der Waals surface area contributed by atoms with Crippen molar-refractivity contribution in [2.75, 3.05) is 0 Å². The molecule has 3 heteroatoms. The molecule has 0 radical (unpaired) electrons. The van der Waals surface area contributed by atoms with Gasteiger partial charge in [-0.2, -0.15) is 0 Å². The highest BCUT2D eigenvalue weighted by molar-refractivity contribution is 9.10. The number of hydrogen-bond acceptors (Lipinski definition) is 2. The monoisotopic (exact) mass is 257 g/mol. The fourth-order valence-electron chi connectivity index (χ4n) is 1.31.